The molecule has 0 aliphatic carbocycles. The van der Waals surface area contributed by atoms with Gasteiger partial charge in [-0.25, -0.2) is 4.98 Å². The Labute approximate surface area is 98.8 Å². The van der Waals surface area contributed by atoms with E-state index in [2.05, 4.69) is 4.98 Å². The van der Waals surface area contributed by atoms with Gasteiger partial charge in [0.15, 0.2) is 17.4 Å². The van der Waals surface area contributed by atoms with Crippen molar-refractivity contribution in [3.63, 3.8) is 0 Å². The van der Waals surface area contributed by atoms with E-state index in [1.165, 1.54) is 0 Å². The van der Waals surface area contributed by atoms with E-state index in [1.807, 2.05) is 32.3 Å². The molecule has 2 aromatic rings. The smallest absolute Gasteiger partial charge is 0.231 e. The van der Waals surface area contributed by atoms with Gasteiger partial charge in [-0.05, 0) is 24.6 Å². The number of imidazole rings is 1. The van der Waals surface area contributed by atoms with Crippen LogP contribution >= 0.6 is 0 Å². The van der Waals surface area contributed by atoms with Crippen LogP contribution < -0.4 is 15.2 Å². The standard InChI is InChI=1S/C12H13N3O2/c1-7-3-10-11(17-6-16-10)4-8(7)9-5-15(2)12(13)14-9/h3-5H,6H2,1-2H3,(H2,13,14). The number of hydrogen-bond donors (Lipinski definition) is 1. The summed E-state index contributed by atoms with van der Waals surface area (Å²) in [6.45, 7) is 2.30. The minimum atomic E-state index is 0.280. The second-order valence-electron chi connectivity index (χ2n) is 4.12. The largest absolute Gasteiger partial charge is 0.454 e. The minimum Gasteiger partial charge on any atom is -0.454 e. The van der Waals surface area contributed by atoms with Crippen LogP contribution in [0.5, 0.6) is 11.5 Å². The van der Waals surface area contributed by atoms with E-state index in [9.17, 15) is 0 Å². The molecule has 0 saturated heterocycles. The fraction of sp³-hybridized carbons (Fsp3) is 0.250. The van der Waals surface area contributed by atoms with Crippen LogP contribution in [0.4, 0.5) is 5.95 Å². The Morgan fingerprint density at radius 3 is 2.65 bits per heavy atom. The molecule has 88 valence electrons. The van der Waals surface area contributed by atoms with Crippen molar-refractivity contribution >= 4 is 5.95 Å². The maximum Gasteiger partial charge on any atom is 0.231 e. The number of ether oxygens (including phenoxy) is 2. The first-order valence-electron chi connectivity index (χ1n) is 5.34. The van der Waals surface area contributed by atoms with E-state index in [1.54, 1.807) is 4.57 Å². The summed E-state index contributed by atoms with van der Waals surface area (Å²) in [5, 5.41) is 0. The number of anilines is 1. The van der Waals surface area contributed by atoms with Crippen LogP contribution in [0.3, 0.4) is 0 Å². The van der Waals surface area contributed by atoms with Crippen LogP contribution in [-0.4, -0.2) is 16.3 Å². The summed E-state index contributed by atoms with van der Waals surface area (Å²) in [5.74, 6) is 2.04. The van der Waals surface area contributed by atoms with E-state index in [-0.39, 0.29) is 6.79 Å². The van der Waals surface area contributed by atoms with Gasteiger partial charge < -0.3 is 19.8 Å². The fourth-order valence-corrected chi connectivity index (χ4v) is 1.93. The number of nitrogen functional groups attached to an aromatic ring is 1. The first-order chi connectivity index (χ1) is 8.15. The Hall–Kier alpha value is -2.17. The molecular weight excluding hydrogens is 218 g/mol. The average Bonchev–Trinajstić information content (AvgIpc) is 2.85. The Kier molecular flexibility index (Phi) is 2.01. The number of nitrogens with two attached hydrogens (primary N) is 1. The van der Waals surface area contributed by atoms with Gasteiger partial charge in [0.25, 0.3) is 0 Å². The Morgan fingerprint density at radius 1 is 1.29 bits per heavy atom. The summed E-state index contributed by atoms with van der Waals surface area (Å²) >= 11 is 0. The van der Waals surface area contributed by atoms with Gasteiger partial charge in [-0.15, -0.1) is 0 Å². The lowest BCUT2D eigenvalue weighted by Gasteiger charge is -2.04. The predicted molar refractivity (Wildman–Crippen MR) is 63.9 cm³/mol. The zero-order valence-corrected chi connectivity index (χ0v) is 9.73. The van der Waals surface area contributed by atoms with Crippen molar-refractivity contribution in [2.24, 2.45) is 7.05 Å². The number of hydrogen-bond acceptors (Lipinski definition) is 4. The van der Waals surface area contributed by atoms with Crippen molar-refractivity contribution in [3.05, 3.63) is 23.9 Å². The monoisotopic (exact) mass is 231 g/mol. The van der Waals surface area contributed by atoms with Crippen molar-refractivity contribution in [1.29, 1.82) is 0 Å². The second kappa shape index (κ2) is 3.41. The molecule has 0 spiro atoms. The van der Waals surface area contributed by atoms with Crippen molar-refractivity contribution in [2.45, 2.75) is 6.92 Å². The second-order valence-corrected chi connectivity index (χ2v) is 4.12. The molecule has 0 saturated carbocycles. The highest BCUT2D eigenvalue weighted by Gasteiger charge is 2.17. The molecule has 0 radical (unpaired) electrons. The van der Waals surface area contributed by atoms with Crippen LogP contribution in [0.2, 0.25) is 0 Å². The zero-order valence-electron chi connectivity index (χ0n) is 9.73. The summed E-state index contributed by atoms with van der Waals surface area (Å²) in [6, 6.07) is 3.90. The highest BCUT2D eigenvalue weighted by atomic mass is 16.7. The lowest BCUT2D eigenvalue weighted by molar-refractivity contribution is 0.174. The van der Waals surface area contributed by atoms with E-state index in [0.717, 1.165) is 28.3 Å². The Morgan fingerprint density at radius 2 is 2.00 bits per heavy atom. The Balaban J connectivity index is 2.14. The molecule has 0 bridgehead atoms. The summed E-state index contributed by atoms with van der Waals surface area (Å²) in [7, 11) is 1.87. The number of aromatic nitrogens is 2. The van der Waals surface area contributed by atoms with Gasteiger partial charge in [0.1, 0.15) is 0 Å². The highest BCUT2D eigenvalue weighted by Crippen LogP contribution is 2.38. The lowest BCUT2D eigenvalue weighted by Crippen LogP contribution is -1.94. The van der Waals surface area contributed by atoms with Crippen molar-refractivity contribution in [1.82, 2.24) is 9.55 Å². The molecule has 0 atom stereocenters. The summed E-state index contributed by atoms with van der Waals surface area (Å²) < 4.78 is 12.5. The van der Waals surface area contributed by atoms with Gasteiger partial charge in [0.05, 0.1) is 5.69 Å². The molecule has 0 amide bonds. The number of rotatable bonds is 1. The van der Waals surface area contributed by atoms with E-state index in [4.69, 9.17) is 15.2 Å². The molecule has 5 nitrogen and oxygen atoms in total. The molecule has 2 N–H and O–H groups in total. The average molecular weight is 231 g/mol. The molecule has 2 heterocycles. The molecule has 17 heavy (non-hydrogen) atoms. The van der Waals surface area contributed by atoms with E-state index >= 15 is 0 Å². The van der Waals surface area contributed by atoms with Gasteiger partial charge >= 0.3 is 0 Å². The highest BCUT2D eigenvalue weighted by molar-refractivity contribution is 5.69. The van der Waals surface area contributed by atoms with E-state index in [0.29, 0.717) is 5.95 Å². The van der Waals surface area contributed by atoms with Gasteiger partial charge in [0, 0.05) is 18.8 Å². The molecule has 1 aromatic carbocycles. The maximum absolute atomic E-state index is 5.74. The molecule has 1 aliphatic rings. The summed E-state index contributed by atoms with van der Waals surface area (Å²) in [6.07, 6.45) is 1.90. The number of fused-ring (bicyclic) bond motifs is 1. The lowest BCUT2D eigenvalue weighted by atomic mass is 10.1. The predicted octanol–water partition coefficient (Wildman–Crippen LogP) is 1.71. The first kappa shape index (κ1) is 10.0. The molecule has 0 fully saturated rings. The third-order valence-electron chi connectivity index (χ3n) is 2.91. The normalized spacial score (nSPS) is 13.1. The van der Waals surface area contributed by atoms with Gasteiger partial charge in [0.2, 0.25) is 6.79 Å². The number of benzene rings is 1. The molecule has 0 unspecified atom stereocenters. The Bertz CT molecular complexity index is 570. The van der Waals surface area contributed by atoms with Gasteiger partial charge in [-0.3, -0.25) is 0 Å². The molecule has 1 aliphatic heterocycles. The van der Waals surface area contributed by atoms with Crippen LogP contribution in [0.25, 0.3) is 11.3 Å². The maximum atomic E-state index is 5.74. The summed E-state index contributed by atoms with van der Waals surface area (Å²) in [4.78, 5) is 4.31. The first-order valence-corrected chi connectivity index (χ1v) is 5.34. The van der Waals surface area contributed by atoms with Gasteiger partial charge in [-0.1, -0.05) is 0 Å². The van der Waals surface area contributed by atoms with Crippen molar-refractivity contribution in [2.75, 3.05) is 12.5 Å². The third-order valence-corrected chi connectivity index (χ3v) is 2.91. The minimum absolute atomic E-state index is 0.280. The quantitative estimate of drug-likeness (QED) is 0.811. The molecule has 3 rings (SSSR count). The molecule has 1 aromatic heterocycles. The zero-order chi connectivity index (χ0) is 12.0. The fourth-order valence-electron chi connectivity index (χ4n) is 1.93. The SMILES string of the molecule is Cc1cc2c(cc1-c1cn(C)c(N)n1)OCO2. The third kappa shape index (κ3) is 1.51. The van der Waals surface area contributed by atoms with Crippen LogP contribution in [-0.2, 0) is 7.05 Å². The van der Waals surface area contributed by atoms with E-state index < -0.39 is 0 Å². The topological polar surface area (TPSA) is 62.3 Å². The molecular formula is C12H13N3O2. The number of nitrogens with zero attached hydrogens (tertiary/aromatic N) is 2. The van der Waals surface area contributed by atoms with Crippen LogP contribution in [0.1, 0.15) is 5.56 Å². The van der Waals surface area contributed by atoms with Crippen molar-refractivity contribution < 1.29 is 9.47 Å². The summed E-state index contributed by atoms with van der Waals surface area (Å²) in [5.41, 5.74) is 8.69. The van der Waals surface area contributed by atoms with Gasteiger partial charge in [-0.2, -0.15) is 0 Å². The molecule has 5 heteroatoms. The van der Waals surface area contributed by atoms with Crippen molar-refractivity contribution in [3.8, 4) is 22.8 Å². The number of aryl methyl sites for hydroxylation is 2. The van der Waals surface area contributed by atoms with Crippen LogP contribution in [0, 0.1) is 6.92 Å². The van der Waals surface area contributed by atoms with Crippen LogP contribution in [0.15, 0.2) is 18.3 Å².